The van der Waals surface area contributed by atoms with E-state index in [4.69, 9.17) is 10.3 Å². The number of carbonyl (C=O) groups is 1. The maximum absolute atomic E-state index is 11.4. The van der Waals surface area contributed by atoms with Crippen molar-refractivity contribution in [2.24, 2.45) is 11.8 Å². The lowest BCUT2D eigenvalue weighted by atomic mass is 10.0. The normalized spacial score (nSPS) is 20.9. The predicted molar refractivity (Wildman–Crippen MR) is 68.8 cm³/mol. The molecule has 5 heteroatoms. The lowest BCUT2D eigenvalue weighted by Crippen LogP contribution is -2.33. The molecule has 1 aliphatic rings. The summed E-state index contributed by atoms with van der Waals surface area (Å²) in [6, 6.07) is 1.92. The van der Waals surface area contributed by atoms with Gasteiger partial charge in [-0.15, -0.1) is 0 Å². The highest BCUT2D eigenvalue weighted by Crippen LogP contribution is 2.20. The number of nitrogens with two attached hydrogens (primary N) is 1. The molecule has 3 N–H and O–H groups in total. The van der Waals surface area contributed by atoms with Gasteiger partial charge in [0.1, 0.15) is 5.76 Å². The number of nitrogen functional groups attached to an aromatic ring is 1. The molecule has 1 fully saturated rings. The molecule has 1 aromatic heterocycles. The lowest BCUT2D eigenvalue weighted by molar-refractivity contribution is 0.0919. The third kappa shape index (κ3) is 2.91. The topological polar surface area (TPSA) is 71.5 Å². The molecule has 0 saturated carbocycles. The Hall–Kier alpha value is -1.33. The molecular formula is C13H21N3O2. The van der Waals surface area contributed by atoms with Gasteiger partial charge < -0.3 is 4.42 Å². The number of hydrogen-bond donors (Lipinski definition) is 2. The number of piperidine rings is 1. The Morgan fingerprint density at radius 2 is 2.44 bits per heavy atom. The molecule has 1 atom stereocenters. The minimum atomic E-state index is -0.370. The van der Waals surface area contributed by atoms with E-state index in [0.29, 0.717) is 5.76 Å². The Bertz CT molecular complexity index is 428. The zero-order valence-electron chi connectivity index (χ0n) is 11.0. The van der Waals surface area contributed by atoms with Gasteiger partial charge in [-0.2, -0.15) is 0 Å². The van der Waals surface area contributed by atoms with Gasteiger partial charge in [0.25, 0.3) is 0 Å². The third-order valence-electron chi connectivity index (χ3n) is 3.43. The van der Waals surface area contributed by atoms with Crippen LogP contribution in [0.3, 0.4) is 0 Å². The van der Waals surface area contributed by atoms with Crippen molar-refractivity contribution in [1.82, 2.24) is 10.3 Å². The van der Waals surface area contributed by atoms with E-state index >= 15 is 0 Å². The number of carbonyl (C=O) groups excluding carboxylic acids is 1. The molecule has 0 radical (unpaired) electrons. The molecule has 0 aromatic carbocycles. The summed E-state index contributed by atoms with van der Waals surface area (Å²) >= 11 is 0. The van der Waals surface area contributed by atoms with Crippen LogP contribution in [0, 0.1) is 12.8 Å². The average molecular weight is 251 g/mol. The van der Waals surface area contributed by atoms with Gasteiger partial charge in [-0.25, -0.2) is 5.84 Å². The average Bonchev–Trinajstić information content (AvgIpc) is 2.69. The van der Waals surface area contributed by atoms with Crippen molar-refractivity contribution >= 4 is 5.91 Å². The summed E-state index contributed by atoms with van der Waals surface area (Å²) in [6.45, 7) is 7.09. The molecular weight excluding hydrogens is 230 g/mol. The van der Waals surface area contributed by atoms with Crippen LogP contribution in [0.4, 0.5) is 0 Å². The van der Waals surface area contributed by atoms with Crippen LogP contribution in [0.25, 0.3) is 0 Å². The van der Waals surface area contributed by atoms with Crippen LogP contribution in [0.1, 0.15) is 41.6 Å². The van der Waals surface area contributed by atoms with Crippen LogP contribution >= 0.6 is 0 Å². The number of likely N-dealkylation sites (tertiary alicyclic amines) is 1. The van der Waals surface area contributed by atoms with E-state index in [2.05, 4.69) is 17.2 Å². The number of hydrogen-bond acceptors (Lipinski definition) is 4. The van der Waals surface area contributed by atoms with Gasteiger partial charge in [0.15, 0.2) is 5.76 Å². The summed E-state index contributed by atoms with van der Waals surface area (Å²) in [5, 5.41) is 0. The van der Waals surface area contributed by atoms with Crippen molar-refractivity contribution < 1.29 is 9.21 Å². The monoisotopic (exact) mass is 251 g/mol. The molecule has 0 bridgehead atoms. The van der Waals surface area contributed by atoms with Crippen LogP contribution in [-0.2, 0) is 6.54 Å². The number of furan rings is 1. The van der Waals surface area contributed by atoms with Gasteiger partial charge in [0, 0.05) is 12.1 Å². The smallest absolute Gasteiger partial charge is 0.301 e. The summed E-state index contributed by atoms with van der Waals surface area (Å²) in [7, 11) is 0. The van der Waals surface area contributed by atoms with Crippen LogP contribution in [0.2, 0.25) is 0 Å². The molecule has 1 aromatic rings. The van der Waals surface area contributed by atoms with E-state index < -0.39 is 0 Å². The summed E-state index contributed by atoms with van der Waals surface area (Å²) in [6.07, 6.45) is 2.53. The van der Waals surface area contributed by atoms with Gasteiger partial charge in [-0.3, -0.25) is 15.1 Å². The summed E-state index contributed by atoms with van der Waals surface area (Å²) in [5.41, 5.74) is 2.93. The van der Waals surface area contributed by atoms with E-state index in [1.807, 2.05) is 13.0 Å². The quantitative estimate of drug-likeness (QED) is 0.484. The fourth-order valence-electron chi connectivity index (χ4n) is 2.57. The molecule has 2 rings (SSSR count). The summed E-state index contributed by atoms with van der Waals surface area (Å²) in [4.78, 5) is 13.8. The number of rotatable bonds is 3. The van der Waals surface area contributed by atoms with Crippen molar-refractivity contribution in [3.05, 3.63) is 23.2 Å². The first-order valence-electron chi connectivity index (χ1n) is 6.42. The van der Waals surface area contributed by atoms with Crippen LogP contribution < -0.4 is 11.3 Å². The maximum atomic E-state index is 11.4. The first-order chi connectivity index (χ1) is 8.60. The zero-order valence-corrected chi connectivity index (χ0v) is 11.0. The Labute approximate surface area is 107 Å². The van der Waals surface area contributed by atoms with Crippen molar-refractivity contribution in [1.29, 1.82) is 0 Å². The highest BCUT2D eigenvalue weighted by atomic mass is 16.4. The van der Waals surface area contributed by atoms with Crippen LogP contribution in [-0.4, -0.2) is 23.9 Å². The largest absolute Gasteiger partial charge is 0.454 e. The van der Waals surface area contributed by atoms with Gasteiger partial charge >= 0.3 is 5.91 Å². The van der Waals surface area contributed by atoms with E-state index in [0.717, 1.165) is 36.9 Å². The molecule has 5 nitrogen and oxygen atoms in total. The summed E-state index contributed by atoms with van der Waals surface area (Å²) in [5.74, 6) is 6.63. The number of aryl methyl sites for hydroxylation is 1. The molecule has 18 heavy (non-hydrogen) atoms. The van der Waals surface area contributed by atoms with Crippen LogP contribution in [0.15, 0.2) is 10.5 Å². The predicted octanol–water partition coefficient (Wildman–Crippen LogP) is 1.42. The van der Waals surface area contributed by atoms with Crippen molar-refractivity contribution in [3.63, 3.8) is 0 Å². The molecule has 0 aliphatic carbocycles. The van der Waals surface area contributed by atoms with Gasteiger partial charge in [-0.05, 0) is 38.3 Å². The van der Waals surface area contributed by atoms with Crippen LogP contribution in [0.5, 0.6) is 0 Å². The first-order valence-corrected chi connectivity index (χ1v) is 6.42. The standard InChI is InChI=1S/C13H21N3O2/c1-9-4-3-5-16(7-9)8-11-6-10(2)12(18-11)13(17)15-14/h6,9H,3-5,7-8,14H2,1-2H3,(H,15,17). The fraction of sp³-hybridized carbons (Fsp3) is 0.615. The van der Waals surface area contributed by atoms with E-state index in [-0.39, 0.29) is 5.91 Å². The second kappa shape index (κ2) is 5.54. The molecule has 1 amide bonds. The number of nitrogens with zero attached hydrogens (tertiary/aromatic N) is 1. The van der Waals surface area contributed by atoms with Crippen molar-refractivity contribution in [3.8, 4) is 0 Å². The third-order valence-corrected chi connectivity index (χ3v) is 3.43. The first kappa shape index (κ1) is 13.1. The van der Waals surface area contributed by atoms with Crippen molar-refractivity contribution in [2.75, 3.05) is 13.1 Å². The van der Waals surface area contributed by atoms with Gasteiger partial charge in [0.05, 0.1) is 6.54 Å². The number of amides is 1. The molecule has 100 valence electrons. The molecule has 0 spiro atoms. The Morgan fingerprint density at radius 3 is 3.11 bits per heavy atom. The SMILES string of the molecule is Cc1cc(CN2CCCC(C)C2)oc1C(=O)NN. The second-order valence-corrected chi connectivity index (χ2v) is 5.18. The maximum Gasteiger partial charge on any atom is 0.301 e. The molecule has 1 unspecified atom stereocenters. The van der Waals surface area contributed by atoms with Gasteiger partial charge in [-0.1, -0.05) is 6.92 Å². The summed E-state index contributed by atoms with van der Waals surface area (Å²) < 4.78 is 5.57. The highest BCUT2D eigenvalue weighted by molar-refractivity contribution is 5.92. The lowest BCUT2D eigenvalue weighted by Gasteiger charge is -2.29. The van der Waals surface area contributed by atoms with E-state index in [9.17, 15) is 4.79 Å². The highest BCUT2D eigenvalue weighted by Gasteiger charge is 2.20. The van der Waals surface area contributed by atoms with Crippen molar-refractivity contribution in [2.45, 2.75) is 33.2 Å². The fourth-order valence-corrected chi connectivity index (χ4v) is 2.57. The Morgan fingerprint density at radius 1 is 1.67 bits per heavy atom. The molecule has 2 heterocycles. The number of nitrogens with one attached hydrogen (secondary N) is 1. The Balaban J connectivity index is 2.03. The van der Waals surface area contributed by atoms with E-state index in [1.165, 1.54) is 12.8 Å². The van der Waals surface area contributed by atoms with E-state index in [1.54, 1.807) is 0 Å². The zero-order chi connectivity index (χ0) is 13.1. The minimum Gasteiger partial charge on any atom is -0.454 e. The van der Waals surface area contributed by atoms with Gasteiger partial charge in [0.2, 0.25) is 0 Å². The molecule has 1 saturated heterocycles. The minimum absolute atomic E-state index is 0.317. The molecule has 1 aliphatic heterocycles. The Kier molecular flexibility index (Phi) is 4.04. The second-order valence-electron chi connectivity index (χ2n) is 5.18. The number of hydrazine groups is 1.